The topological polar surface area (TPSA) is 56.1 Å². The number of carbonyl (C=O) groups is 1. The van der Waals surface area contributed by atoms with Crippen molar-refractivity contribution in [2.75, 3.05) is 11.9 Å². The normalized spacial score (nSPS) is 20.8. The van der Waals surface area contributed by atoms with Gasteiger partial charge in [-0.05, 0) is 57.5 Å². The van der Waals surface area contributed by atoms with E-state index in [9.17, 15) is 4.79 Å². The summed E-state index contributed by atoms with van der Waals surface area (Å²) in [5.41, 5.74) is 1.34. The standard InChI is InChI=1S/C15H19N3O/c1-11-4-3-9-18(11)12(2)15(19)17-14-7-5-13(10-16)6-8-14/h5-8,11-12H,3-4,9H2,1-2H3,(H,17,19). The van der Waals surface area contributed by atoms with Crippen LogP contribution >= 0.6 is 0 Å². The maximum atomic E-state index is 12.2. The summed E-state index contributed by atoms with van der Waals surface area (Å²) in [5.74, 6) is 0.0125. The minimum absolute atomic E-state index is 0.0125. The van der Waals surface area contributed by atoms with Crippen LogP contribution in [0.25, 0.3) is 0 Å². The summed E-state index contributed by atoms with van der Waals surface area (Å²) in [6, 6.07) is 9.35. The lowest BCUT2D eigenvalue weighted by molar-refractivity contribution is -0.121. The molecule has 1 amide bonds. The third-order valence-electron chi connectivity index (χ3n) is 3.76. The highest BCUT2D eigenvalue weighted by Crippen LogP contribution is 2.20. The van der Waals surface area contributed by atoms with E-state index in [1.807, 2.05) is 6.92 Å². The van der Waals surface area contributed by atoms with E-state index < -0.39 is 0 Å². The Bertz CT molecular complexity index is 489. The zero-order chi connectivity index (χ0) is 13.8. The van der Waals surface area contributed by atoms with Gasteiger partial charge in [-0.3, -0.25) is 9.69 Å². The maximum absolute atomic E-state index is 12.2. The molecule has 1 saturated heterocycles. The highest BCUT2D eigenvalue weighted by Gasteiger charge is 2.29. The molecular weight excluding hydrogens is 238 g/mol. The van der Waals surface area contributed by atoms with Crippen LogP contribution in [0.5, 0.6) is 0 Å². The second-order valence-corrected chi connectivity index (χ2v) is 5.08. The predicted molar refractivity (Wildman–Crippen MR) is 74.7 cm³/mol. The molecule has 1 aliphatic rings. The maximum Gasteiger partial charge on any atom is 0.241 e. The molecule has 100 valence electrons. The van der Waals surface area contributed by atoms with Gasteiger partial charge in [0.1, 0.15) is 0 Å². The van der Waals surface area contributed by atoms with Gasteiger partial charge in [0.25, 0.3) is 0 Å². The van der Waals surface area contributed by atoms with Gasteiger partial charge in [-0.15, -0.1) is 0 Å². The Morgan fingerprint density at radius 2 is 2.16 bits per heavy atom. The number of likely N-dealkylation sites (tertiary alicyclic amines) is 1. The number of carbonyl (C=O) groups excluding carboxylic acids is 1. The van der Waals surface area contributed by atoms with Crippen LogP contribution < -0.4 is 5.32 Å². The number of rotatable bonds is 3. The van der Waals surface area contributed by atoms with Gasteiger partial charge in [0.2, 0.25) is 5.91 Å². The monoisotopic (exact) mass is 257 g/mol. The van der Waals surface area contributed by atoms with Crippen LogP contribution in [0.4, 0.5) is 5.69 Å². The third-order valence-corrected chi connectivity index (χ3v) is 3.76. The first-order valence-corrected chi connectivity index (χ1v) is 6.68. The average Bonchev–Trinajstić information content (AvgIpc) is 2.85. The molecule has 4 heteroatoms. The van der Waals surface area contributed by atoms with Crippen molar-refractivity contribution < 1.29 is 4.79 Å². The van der Waals surface area contributed by atoms with Crippen molar-refractivity contribution in [2.24, 2.45) is 0 Å². The third kappa shape index (κ3) is 3.12. The molecule has 1 aromatic rings. The number of nitrogens with one attached hydrogen (secondary N) is 1. The molecule has 2 atom stereocenters. The van der Waals surface area contributed by atoms with Crippen LogP contribution in [-0.4, -0.2) is 29.4 Å². The van der Waals surface area contributed by atoms with Crippen LogP contribution in [0.2, 0.25) is 0 Å². The molecular formula is C15H19N3O. The number of nitrogens with zero attached hydrogens (tertiary/aromatic N) is 2. The highest BCUT2D eigenvalue weighted by molar-refractivity contribution is 5.94. The SMILES string of the molecule is CC1CCCN1C(C)C(=O)Nc1ccc(C#N)cc1. The summed E-state index contributed by atoms with van der Waals surface area (Å²) in [6.07, 6.45) is 2.32. The van der Waals surface area contributed by atoms with Gasteiger partial charge < -0.3 is 5.32 Å². The molecule has 19 heavy (non-hydrogen) atoms. The van der Waals surface area contributed by atoms with E-state index in [0.29, 0.717) is 11.6 Å². The molecule has 4 nitrogen and oxygen atoms in total. The molecule has 0 bridgehead atoms. The molecule has 1 heterocycles. The molecule has 0 saturated carbocycles. The Labute approximate surface area is 114 Å². The van der Waals surface area contributed by atoms with E-state index in [2.05, 4.69) is 23.2 Å². The van der Waals surface area contributed by atoms with Crippen LogP contribution in [0.1, 0.15) is 32.3 Å². The molecule has 0 radical (unpaired) electrons. The number of anilines is 1. The minimum Gasteiger partial charge on any atom is -0.325 e. The molecule has 2 rings (SSSR count). The van der Waals surface area contributed by atoms with Crippen molar-refractivity contribution in [1.82, 2.24) is 4.90 Å². The molecule has 1 fully saturated rings. The van der Waals surface area contributed by atoms with Gasteiger partial charge in [0.15, 0.2) is 0 Å². The van der Waals surface area contributed by atoms with Crippen molar-refractivity contribution in [2.45, 2.75) is 38.8 Å². The molecule has 0 aromatic heterocycles. The summed E-state index contributed by atoms with van der Waals surface area (Å²) in [7, 11) is 0. The highest BCUT2D eigenvalue weighted by atomic mass is 16.2. The first-order valence-electron chi connectivity index (χ1n) is 6.68. The van der Waals surface area contributed by atoms with Gasteiger partial charge in [-0.25, -0.2) is 0 Å². The first kappa shape index (κ1) is 13.6. The van der Waals surface area contributed by atoms with Crippen LogP contribution in [-0.2, 0) is 4.79 Å². The van der Waals surface area contributed by atoms with Crippen molar-refractivity contribution in [3.63, 3.8) is 0 Å². The Hall–Kier alpha value is -1.86. The Morgan fingerprint density at radius 3 is 2.68 bits per heavy atom. The number of hydrogen-bond acceptors (Lipinski definition) is 3. The predicted octanol–water partition coefficient (Wildman–Crippen LogP) is 2.37. The van der Waals surface area contributed by atoms with Crippen molar-refractivity contribution in [3.05, 3.63) is 29.8 Å². The number of hydrogen-bond donors (Lipinski definition) is 1. The number of amides is 1. The van der Waals surface area contributed by atoms with E-state index in [1.54, 1.807) is 24.3 Å². The average molecular weight is 257 g/mol. The Balaban J connectivity index is 1.98. The van der Waals surface area contributed by atoms with Crippen LogP contribution in [0.3, 0.4) is 0 Å². The van der Waals surface area contributed by atoms with E-state index in [0.717, 1.165) is 25.1 Å². The van der Waals surface area contributed by atoms with Crippen molar-refractivity contribution >= 4 is 11.6 Å². The van der Waals surface area contributed by atoms with Gasteiger partial charge in [0, 0.05) is 11.7 Å². The Morgan fingerprint density at radius 1 is 1.47 bits per heavy atom. The summed E-state index contributed by atoms with van der Waals surface area (Å²) < 4.78 is 0. The van der Waals surface area contributed by atoms with Gasteiger partial charge in [-0.2, -0.15) is 5.26 Å². The molecule has 0 aliphatic carbocycles. The largest absolute Gasteiger partial charge is 0.325 e. The summed E-state index contributed by atoms with van der Waals surface area (Å²) in [4.78, 5) is 14.4. The Kier molecular flexibility index (Phi) is 4.18. The molecule has 1 aliphatic heterocycles. The molecule has 0 spiro atoms. The van der Waals surface area contributed by atoms with Crippen molar-refractivity contribution in [3.8, 4) is 6.07 Å². The molecule has 1 N–H and O–H groups in total. The van der Waals surface area contributed by atoms with Crippen LogP contribution in [0.15, 0.2) is 24.3 Å². The van der Waals surface area contributed by atoms with Gasteiger partial charge in [-0.1, -0.05) is 0 Å². The minimum atomic E-state index is -0.117. The fraction of sp³-hybridized carbons (Fsp3) is 0.467. The van der Waals surface area contributed by atoms with Gasteiger partial charge >= 0.3 is 0 Å². The summed E-state index contributed by atoms with van der Waals surface area (Å²) in [6.45, 7) is 5.10. The van der Waals surface area contributed by atoms with E-state index >= 15 is 0 Å². The lowest BCUT2D eigenvalue weighted by Crippen LogP contribution is -2.43. The van der Waals surface area contributed by atoms with Gasteiger partial charge in [0.05, 0.1) is 17.7 Å². The van der Waals surface area contributed by atoms with E-state index in [1.165, 1.54) is 0 Å². The lowest BCUT2D eigenvalue weighted by atomic mass is 10.2. The first-order chi connectivity index (χ1) is 9.11. The lowest BCUT2D eigenvalue weighted by Gasteiger charge is -2.27. The zero-order valence-electron chi connectivity index (χ0n) is 11.4. The number of nitriles is 1. The fourth-order valence-corrected chi connectivity index (χ4v) is 2.56. The smallest absolute Gasteiger partial charge is 0.241 e. The summed E-state index contributed by atoms with van der Waals surface area (Å²) in [5, 5.41) is 11.6. The molecule has 1 aromatic carbocycles. The quantitative estimate of drug-likeness (QED) is 0.904. The van der Waals surface area contributed by atoms with E-state index in [-0.39, 0.29) is 11.9 Å². The van der Waals surface area contributed by atoms with Crippen molar-refractivity contribution in [1.29, 1.82) is 5.26 Å². The molecule has 2 unspecified atom stereocenters. The van der Waals surface area contributed by atoms with E-state index in [4.69, 9.17) is 5.26 Å². The number of benzene rings is 1. The fourth-order valence-electron chi connectivity index (χ4n) is 2.56. The zero-order valence-corrected chi connectivity index (χ0v) is 11.4. The summed E-state index contributed by atoms with van der Waals surface area (Å²) >= 11 is 0. The second kappa shape index (κ2) is 5.85. The second-order valence-electron chi connectivity index (χ2n) is 5.08. The van der Waals surface area contributed by atoms with Crippen LogP contribution in [0, 0.1) is 11.3 Å².